The second-order valence-corrected chi connectivity index (χ2v) is 2.45. The lowest BCUT2D eigenvalue weighted by Gasteiger charge is -1.98. The van der Waals surface area contributed by atoms with Crippen LogP contribution in [0.3, 0.4) is 0 Å². The van der Waals surface area contributed by atoms with Crippen LogP contribution in [0.1, 0.15) is 0 Å². The van der Waals surface area contributed by atoms with Crippen molar-refractivity contribution in [1.29, 1.82) is 0 Å². The highest BCUT2D eigenvalue weighted by molar-refractivity contribution is 5.72. The first-order valence-electron chi connectivity index (χ1n) is 3.70. The quantitative estimate of drug-likeness (QED) is 0.681. The maximum atomic E-state index is 11.3. The van der Waals surface area contributed by atoms with Crippen LogP contribution in [0, 0.1) is 0 Å². The highest BCUT2D eigenvalue weighted by Crippen LogP contribution is 2.05. The lowest BCUT2D eigenvalue weighted by atomic mass is 10.4. The first-order chi connectivity index (χ1) is 6.31. The summed E-state index contributed by atoms with van der Waals surface area (Å²) >= 11 is 0. The van der Waals surface area contributed by atoms with Gasteiger partial charge < -0.3 is 4.74 Å². The third-order valence-electron chi connectivity index (χ3n) is 1.64. The van der Waals surface area contributed by atoms with E-state index in [9.17, 15) is 4.79 Å². The van der Waals surface area contributed by atoms with Crippen molar-refractivity contribution in [2.45, 2.75) is 0 Å². The third-order valence-corrected chi connectivity index (χ3v) is 1.64. The molecule has 5 heteroatoms. The molecular weight excluding hydrogens is 170 g/mol. The minimum Gasteiger partial charge on any atom is -0.468 e. The van der Waals surface area contributed by atoms with E-state index < -0.39 is 0 Å². The Balaban J connectivity index is 2.85. The topological polar surface area (TPSA) is 67.9 Å². The van der Waals surface area contributed by atoms with Gasteiger partial charge in [0.15, 0.2) is 5.52 Å². The normalized spacial score (nSPS) is 10.2. The number of hydrogen-bond acceptors (Lipinski definition) is 4. The molecule has 5 nitrogen and oxygen atoms in total. The number of nitrogens with one attached hydrogen (secondary N) is 1. The van der Waals surface area contributed by atoms with Gasteiger partial charge in [-0.15, -0.1) is 0 Å². The van der Waals surface area contributed by atoms with Crippen LogP contribution in [-0.2, 0) is 0 Å². The maximum absolute atomic E-state index is 11.3. The molecule has 0 aliphatic rings. The van der Waals surface area contributed by atoms with Crippen molar-refractivity contribution in [2.24, 2.45) is 0 Å². The van der Waals surface area contributed by atoms with Crippen molar-refractivity contribution in [3.8, 4) is 6.01 Å². The molecule has 0 saturated carbocycles. The van der Waals surface area contributed by atoms with Crippen molar-refractivity contribution >= 4 is 11.0 Å². The molecule has 2 rings (SSSR count). The van der Waals surface area contributed by atoms with Crippen LogP contribution in [0.4, 0.5) is 0 Å². The van der Waals surface area contributed by atoms with E-state index in [0.717, 1.165) is 0 Å². The van der Waals surface area contributed by atoms with Gasteiger partial charge in [0.05, 0.1) is 7.11 Å². The molecule has 66 valence electrons. The number of methoxy groups -OCH3 is 1. The molecule has 0 aliphatic heterocycles. The zero-order chi connectivity index (χ0) is 9.26. The zero-order valence-electron chi connectivity index (χ0n) is 6.94. The molecule has 0 fully saturated rings. The number of H-pyrrole nitrogens is 1. The van der Waals surface area contributed by atoms with E-state index in [1.165, 1.54) is 7.11 Å². The first-order valence-corrected chi connectivity index (χ1v) is 3.70. The average Bonchev–Trinajstić information content (AvgIpc) is 2.18. The summed E-state index contributed by atoms with van der Waals surface area (Å²) in [5.74, 6) is 0. The third kappa shape index (κ3) is 1.24. The smallest absolute Gasteiger partial charge is 0.296 e. The van der Waals surface area contributed by atoms with Gasteiger partial charge in [-0.2, -0.15) is 4.98 Å². The minimum atomic E-state index is -0.289. The number of hydrogen-bond donors (Lipinski definition) is 1. The second kappa shape index (κ2) is 2.85. The molecule has 0 amide bonds. The number of ether oxygens (including phenoxy) is 1. The Hall–Kier alpha value is -1.91. The van der Waals surface area contributed by atoms with Gasteiger partial charge in [-0.25, -0.2) is 4.98 Å². The Morgan fingerprint density at radius 3 is 3.15 bits per heavy atom. The van der Waals surface area contributed by atoms with E-state index >= 15 is 0 Å². The van der Waals surface area contributed by atoms with Crippen LogP contribution in [-0.4, -0.2) is 22.1 Å². The second-order valence-electron chi connectivity index (χ2n) is 2.45. The summed E-state index contributed by atoms with van der Waals surface area (Å²) in [7, 11) is 1.44. The highest BCUT2D eigenvalue weighted by atomic mass is 16.5. The van der Waals surface area contributed by atoms with Crippen LogP contribution in [0.5, 0.6) is 6.01 Å². The van der Waals surface area contributed by atoms with E-state index in [-0.39, 0.29) is 11.6 Å². The van der Waals surface area contributed by atoms with Crippen LogP contribution in [0.25, 0.3) is 11.0 Å². The Morgan fingerprint density at radius 1 is 1.54 bits per heavy atom. The van der Waals surface area contributed by atoms with Crippen molar-refractivity contribution < 1.29 is 4.74 Å². The van der Waals surface area contributed by atoms with Crippen LogP contribution in [0.15, 0.2) is 23.1 Å². The molecule has 13 heavy (non-hydrogen) atoms. The minimum absolute atomic E-state index is 0.200. The molecule has 0 saturated heterocycles. The fourth-order valence-electron chi connectivity index (χ4n) is 1.05. The van der Waals surface area contributed by atoms with Crippen LogP contribution < -0.4 is 10.3 Å². The van der Waals surface area contributed by atoms with Crippen molar-refractivity contribution in [3.05, 3.63) is 28.7 Å². The summed E-state index contributed by atoms with van der Waals surface area (Å²) in [5, 5.41) is 0. The molecule has 2 heterocycles. The Kier molecular flexibility index (Phi) is 1.70. The zero-order valence-corrected chi connectivity index (χ0v) is 6.94. The predicted octanol–water partition coefficient (Wildman–Crippen LogP) is 0.327. The van der Waals surface area contributed by atoms with Gasteiger partial charge in [0.1, 0.15) is 5.52 Å². The Morgan fingerprint density at radius 2 is 2.38 bits per heavy atom. The molecule has 0 aromatic carbocycles. The van der Waals surface area contributed by atoms with Crippen molar-refractivity contribution in [3.63, 3.8) is 0 Å². The van der Waals surface area contributed by atoms with Crippen molar-refractivity contribution in [1.82, 2.24) is 15.0 Å². The van der Waals surface area contributed by atoms with E-state index in [0.29, 0.717) is 11.0 Å². The maximum Gasteiger partial charge on any atom is 0.296 e. The van der Waals surface area contributed by atoms with Gasteiger partial charge in [0.2, 0.25) is 0 Å². The van der Waals surface area contributed by atoms with E-state index in [1.54, 1.807) is 18.3 Å². The van der Waals surface area contributed by atoms with Crippen LogP contribution in [0.2, 0.25) is 0 Å². The fourth-order valence-corrected chi connectivity index (χ4v) is 1.05. The van der Waals surface area contributed by atoms with E-state index in [2.05, 4.69) is 15.0 Å². The molecule has 0 unspecified atom stereocenters. The van der Waals surface area contributed by atoms with Crippen LogP contribution >= 0.6 is 0 Å². The molecule has 0 atom stereocenters. The van der Waals surface area contributed by atoms with Gasteiger partial charge in [-0.05, 0) is 12.1 Å². The van der Waals surface area contributed by atoms with Gasteiger partial charge in [-0.3, -0.25) is 9.78 Å². The number of aromatic nitrogens is 3. The first kappa shape index (κ1) is 7.72. The van der Waals surface area contributed by atoms with Gasteiger partial charge in [-0.1, -0.05) is 0 Å². The summed E-state index contributed by atoms with van der Waals surface area (Å²) in [5.41, 5.74) is 0.564. The summed E-state index contributed by atoms with van der Waals surface area (Å²) in [6.45, 7) is 0. The molecule has 0 aliphatic carbocycles. The Bertz CT molecular complexity index is 492. The highest BCUT2D eigenvalue weighted by Gasteiger charge is 2.02. The predicted molar refractivity (Wildman–Crippen MR) is 46.7 cm³/mol. The van der Waals surface area contributed by atoms with E-state index in [1.807, 2.05) is 0 Å². The van der Waals surface area contributed by atoms with Crippen molar-refractivity contribution in [2.75, 3.05) is 7.11 Å². The number of fused-ring (bicyclic) bond motifs is 1. The van der Waals surface area contributed by atoms with E-state index in [4.69, 9.17) is 4.74 Å². The lowest BCUT2D eigenvalue weighted by molar-refractivity contribution is 0.380. The van der Waals surface area contributed by atoms with Gasteiger partial charge in [0.25, 0.3) is 11.6 Å². The summed E-state index contributed by atoms with van der Waals surface area (Å²) in [4.78, 5) is 21.7. The van der Waals surface area contributed by atoms with Gasteiger partial charge >= 0.3 is 0 Å². The summed E-state index contributed by atoms with van der Waals surface area (Å²) < 4.78 is 4.81. The van der Waals surface area contributed by atoms with Gasteiger partial charge in [0, 0.05) is 6.20 Å². The number of aromatic amines is 1. The molecule has 0 radical (unpaired) electrons. The monoisotopic (exact) mass is 177 g/mol. The number of nitrogens with zero attached hydrogens (tertiary/aromatic N) is 2. The fraction of sp³-hybridized carbons (Fsp3) is 0.125. The number of rotatable bonds is 1. The Labute approximate surface area is 73.4 Å². The molecule has 0 spiro atoms. The lowest BCUT2D eigenvalue weighted by Crippen LogP contribution is -2.10. The molecule has 1 N–H and O–H groups in total. The standard InChI is InChI=1S/C8H7N3O2/c1-13-8-10-5-3-2-4-9-6(5)7(12)11-8/h2-4H,1H3,(H,10,11,12). The molecule has 0 bridgehead atoms. The molecule has 2 aromatic heterocycles. The summed E-state index contributed by atoms with van der Waals surface area (Å²) in [6, 6.07) is 3.62. The largest absolute Gasteiger partial charge is 0.468 e. The SMILES string of the molecule is COc1nc2cccnc2c(=O)[nH]1. The number of pyridine rings is 1. The molecule has 2 aromatic rings. The average molecular weight is 177 g/mol. The summed E-state index contributed by atoms with van der Waals surface area (Å²) in [6.07, 6.45) is 1.55. The molecular formula is C8H7N3O2.